The predicted octanol–water partition coefficient (Wildman–Crippen LogP) is 2.97. The van der Waals surface area contributed by atoms with E-state index in [-0.39, 0.29) is 5.91 Å². The first-order valence-corrected chi connectivity index (χ1v) is 8.65. The van der Waals surface area contributed by atoms with Crippen molar-refractivity contribution in [3.63, 3.8) is 0 Å². The zero-order valence-corrected chi connectivity index (χ0v) is 13.8. The van der Waals surface area contributed by atoms with Crippen molar-refractivity contribution in [1.29, 1.82) is 0 Å². The summed E-state index contributed by atoms with van der Waals surface area (Å²) in [6, 6.07) is 11.6. The summed E-state index contributed by atoms with van der Waals surface area (Å²) in [4.78, 5) is 18.5. The van der Waals surface area contributed by atoms with E-state index in [0.29, 0.717) is 18.2 Å². The number of amides is 1. The number of rotatable bonds is 4. The number of carbonyl (C=O) groups is 1. The molecular weight excluding hydrogens is 324 g/mol. The maximum Gasteiger partial charge on any atom is 0.288 e. The lowest BCUT2D eigenvalue weighted by Crippen LogP contribution is -2.37. The molecule has 1 amide bonds. The number of aryl methyl sites for hydroxylation is 1. The van der Waals surface area contributed by atoms with Crippen LogP contribution >= 0.6 is 11.3 Å². The Morgan fingerprint density at radius 3 is 2.92 bits per heavy atom. The number of anilines is 1. The molecule has 0 saturated heterocycles. The number of aromatic nitrogens is 3. The van der Waals surface area contributed by atoms with Crippen LogP contribution < -0.4 is 9.64 Å². The van der Waals surface area contributed by atoms with Crippen LogP contribution in [0.1, 0.15) is 21.9 Å². The molecule has 0 N–H and O–H groups in total. The summed E-state index contributed by atoms with van der Waals surface area (Å²) in [5, 5.41) is 6.88. The molecule has 0 atom stereocenters. The first-order valence-electron chi connectivity index (χ1n) is 7.77. The minimum absolute atomic E-state index is 0.0682. The van der Waals surface area contributed by atoms with Crippen LogP contribution in [0, 0.1) is 0 Å². The maximum absolute atomic E-state index is 12.6. The summed E-state index contributed by atoms with van der Waals surface area (Å²) >= 11 is 1.36. The minimum atomic E-state index is -0.0682. The molecule has 3 heterocycles. The van der Waals surface area contributed by atoms with Crippen molar-refractivity contribution in [3.05, 3.63) is 58.7 Å². The number of carbonyl (C=O) groups excluding carboxylic acids is 1. The first kappa shape index (κ1) is 14.9. The summed E-state index contributed by atoms with van der Waals surface area (Å²) < 4.78 is 7.62. The average Bonchev–Trinajstić information content (AvgIpc) is 3.29. The summed E-state index contributed by atoms with van der Waals surface area (Å²) in [5.74, 6) is 1.55. The van der Waals surface area contributed by atoms with Gasteiger partial charge in [0.25, 0.3) is 5.91 Å². The average molecular weight is 340 g/mol. The molecule has 7 heteroatoms. The van der Waals surface area contributed by atoms with Crippen LogP contribution in [0.2, 0.25) is 0 Å². The largest absolute Gasteiger partial charge is 0.487 e. The monoisotopic (exact) mass is 340 g/mol. The molecule has 24 heavy (non-hydrogen) atoms. The number of ether oxygens (including phenoxy) is 1. The van der Waals surface area contributed by atoms with Crippen molar-refractivity contribution in [1.82, 2.24) is 14.8 Å². The van der Waals surface area contributed by atoms with E-state index in [4.69, 9.17) is 4.74 Å². The van der Waals surface area contributed by atoms with Crippen LogP contribution in [-0.2, 0) is 13.2 Å². The zero-order chi connectivity index (χ0) is 16.4. The van der Waals surface area contributed by atoms with Crippen molar-refractivity contribution in [3.8, 4) is 5.75 Å². The summed E-state index contributed by atoms with van der Waals surface area (Å²) in [6.07, 6.45) is 2.53. The summed E-state index contributed by atoms with van der Waals surface area (Å²) in [5.41, 5.74) is 0.813. The Balaban J connectivity index is 1.53. The number of hydrogen-bond donors (Lipinski definition) is 0. The highest BCUT2D eigenvalue weighted by Gasteiger charge is 2.26. The van der Waals surface area contributed by atoms with Crippen molar-refractivity contribution in [2.45, 2.75) is 19.6 Å². The van der Waals surface area contributed by atoms with Crippen LogP contribution in [-0.4, -0.2) is 27.2 Å². The van der Waals surface area contributed by atoms with Gasteiger partial charge in [-0.1, -0.05) is 18.2 Å². The van der Waals surface area contributed by atoms with Gasteiger partial charge in [-0.05, 0) is 18.6 Å². The van der Waals surface area contributed by atoms with E-state index < -0.39 is 0 Å². The second-order valence-electron chi connectivity index (χ2n) is 5.47. The van der Waals surface area contributed by atoms with Gasteiger partial charge in [-0.25, -0.2) is 9.67 Å². The van der Waals surface area contributed by atoms with Gasteiger partial charge in [0.15, 0.2) is 5.01 Å². The molecular formula is C17H16N4O2S. The Hall–Kier alpha value is -2.67. The molecule has 0 unspecified atom stereocenters. The van der Waals surface area contributed by atoms with E-state index in [0.717, 1.165) is 30.2 Å². The molecule has 0 saturated carbocycles. The fourth-order valence-corrected chi connectivity index (χ4v) is 3.31. The van der Waals surface area contributed by atoms with Gasteiger partial charge in [-0.3, -0.25) is 9.69 Å². The molecule has 0 aliphatic carbocycles. The molecule has 4 rings (SSSR count). The molecule has 0 spiro atoms. The molecule has 0 radical (unpaired) electrons. The van der Waals surface area contributed by atoms with Gasteiger partial charge < -0.3 is 4.74 Å². The third kappa shape index (κ3) is 2.90. The van der Waals surface area contributed by atoms with Crippen LogP contribution in [0.3, 0.4) is 0 Å². The fourth-order valence-electron chi connectivity index (χ4n) is 2.73. The Morgan fingerprint density at radius 1 is 1.25 bits per heavy atom. The Labute approximate surface area is 143 Å². The standard InChI is InChI=1S/C17H16N4O2S/c22-17(16-18-7-10-24-16)20-8-4-9-21-15(20)11-13(19-21)12-23-14-5-2-1-3-6-14/h1-3,5-7,10-11H,4,8-9,12H2. The third-order valence-corrected chi connectivity index (χ3v) is 4.59. The minimum Gasteiger partial charge on any atom is -0.487 e. The topological polar surface area (TPSA) is 60.2 Å². The normalized spacial score (nSPS) is 13.6. The maximum atomic E-state index is 12.6. The van der Waals surface area contributed by atoms with Crippen molar-refractivity contribution in [2.75, 3.05) is 11.4 Å². The molecule has 0 fully saturated rings. The van der Waals surface area contributed by atoms with E-state index in [2.05, 4.69) is 10.1 Å². The Bertz CT molecular complexity index is 830. The van der Waals surface area contributed by atoms with Crippen LogP contribution in [0.5, 0.6) is 5.75 Å². The number of nitrogens with zero attached hydrogens (tertiary/aromatic N) is 4. The van der Waals surface area contributed by atoms with Crippen LogP contribution in [0.4, 0.5) is 5.82 Å². The van der Waals surface area contributed by atoms with E-state index in [1.54, 1.807) is 11.1 Å². The highest BCUT2D eigenvalue weighted by molar-refractivity contribution is 7.11. The lowest BCUT2D eigenvalue weighted by atomic mass is 10.3. The highest BCUT2D eigenvalue weighted by Crippen LogP contribution is 2.25. The van der Waals surface area contributed by atoms with E-state index in [1.165, 1.54) is 11.3 Å². The Kier molecular flexibility index (Phi) is 4.00. The number of benzene rings is 1. The number of para-hydroxylation sites is 1. The van der Waals surface area contributed by atoms with E-state index in [1.807, 2.05) is 46.5 Å². The van der Waals surface area contributed by atoms with Crippen LogP contribution in [0.25, 0.3) is 0 Å². The molecule has 1 aromatic carbocycles. The SMILES string of the molecule is O=C(c1nccs1)N1CCCn2nc(COc3ccccc3)cc21. The lowest BCUT2D eigenvalue weighted by molar-refractivity contribution is 0.0981. The fraction of sp³-hybridized carbons (Fsp3) is 0.235. The number of hydrogen-bond acceptors (Lipinski definition) is 5. The number of thiazole rings is 1. The highest BCUT2D eigenvalue weighted by atomic mass is 32.1. The third-order valence-electron chi connectivity index (χ3n) is 3.83. The van der Waals surface area contributed by atoms with Crippen LogP contribution in [0.15, 0.2) is 48.0 Å². The molecule has 1 aliphatic heterocycles. The predicted molar refractivity (Wildman–Crippen MR) is 91.4 cm³/mol. The van der Waals surface area contributed by atoms with E-state index >= 15 is 0 Å². The Morgan fingerprint density at radius 2 is 2.12 bits per heavy atom. The van der Waals surface area contributed by atoms with Gasteiger partial charge >= 0.3 is 0 Å². The van der Waals surface area contributed by atoms with Crippen molar-refractivity contribution >= 4 is 23.1 Å². The molecule has 122 valence electrons. The van der Waals surface area contributed by atoms with Gasteiger partial charge in [0.05, 0.1) is 0 Å². The first-order chi connectivity index (χ1) is 11.8. The second kappa shape index (κ2) is 6.45. The molecule has 0 bridgehead atoms. The quantitative estimate of drug-likeness (QED) is 0.733. The molecule has 2 aromatic heterocycles. The smallest absolute Gasteiger partial charge is 0.288 e. The molecule has 6 nitrogen and oxygen atoms in total. The molecule has 3 aromatic rings. The summed E-state index contributed by atoms with van der Waals surface area (Å²) in [6.45, 7) is 1.87. The van der Waals surface area contributed by atoms with E-state index in [9.17, 15) is 4.79 Å². The van der Waals surface area contributed by atoms with Gasteiger partial charge in [0, 0.05) is 30.7 Å². The zero-order valence-electron chi connectivity index (χ0n) is 13.0. The summed E-state index contributed by atoms with van der Waals surface area (Å²) in [7, 11) is 0. The van der Waals surface area contributed by atoms with Gasteiger partial charge in [-0.2, -0.15) is 5.10 Å². The van der Waals surface area contributed by atoms with Gasteiger partial charge in [0.1, 0.15) is 23.9 Å². The number of fused-ring (bicyclic) bond motifs is 1. The lowest BCUT2D eigenvalue weighted by Gasteiger charge is -2.26. The molecule has 1 aliphatic rings. The van der Waals surface area contributed by atoms with Gasteiger partial charge in [0.2, 0.25) is 0 Å². The van der Waals surface area contributed by atoms with Crippen molar-refractivity contribution < 1.29 is 9.53 Å². The second-order valence-corrected chi connectivity index (χ2v) is 6.36. The van der Waals surface area contributed by atoms with Gasteiger partial charge in [-0.15, -0.1) is 11.3 Å². The van der Waals surface area contributed by atoms with Crippen molar-refractivity contribution in [2.24, 2.45) is 0 Å².